The summed E-state index contributed by atoms with van der Waals surface area (Å²) in [6.45, 7) is 1.39. The van der Waals surface area contributed by atoms with E-state index in [-0.39, 0.29) is 12.4 Å². The van der Waals surface area contributed by atoms with Gasteiger partial charge in [0, 0.05) is 19.3 Å². The third kappa shape index (κ3) is 5.01. The van der Waals surface area contributed by atoms with E-state index in [0.717, 1.165) is 38.6 Å². The molecular weight excluding hydrogens is 218 g/mol. The van der Waals surface area contributed by atoms with Gasteiger partial charge in [-0.3, -0.25) is 0 Å². The molecule has 0 N–H and O–H groups in total. The van der Waals surface area contributed by atoms with Crippen molar-refractivity contribution in [2.75, 3.05) is 31.7 Å². The first-order chi connectivity index (χ1) is 6.99. The zero-order valence-electron chi connectivity index (χ0n) is 8.94. The molecule has 88 valence electrons. The van der Waals surface area contributed by atoms with Crippen molar-refractivity contribution in [3.8, 4) is 0 Å². The second-order valence-corrected chi connectivity index (χ2v) is 6.05. The Morgan fingerprint density at radius 3 is 2.40 bits per heavy atom. The highest BCUT2D eigenvalue weighted by Crippen LogP contribution is 2.09. The summed E-state index contributed by atoms with van der Waals surface area (Å²) < 4.78 is 26.4. The van der Waals surface area contributed by atoms with Crippen LogP contribution >= 0.6 is 0 Å². The first kappa shape index (κ1) is 12.3. The molecule has 0 atom stereocenters. The topological polar surface area (TPSA) is 63.7 Å². The maximum absolute atomic E-state index is 11.4. The molecule has 0 bridgehead atoms. The van der Waals surface area contributed by atoms with E-state index < -0.39 is 15.9 Å². The van der Waals surface area contributed by atoms with Crippen LogP contribution in [0, 0.1) is 0 Å². The lowest BCUT2D eigenvalue weighted by molar-refractivity contribution is 0.100. The molecule has 1 amide bonds. The molecule has 15 heavy (non-hydrogen) atoms. The van der Waals surface area contributed by atoms with Gasteiger partial charge in [-0.25, -0.2) is 13.2 Å². The maximum Gasteiger partial charge on any atom is 0.409 e. The second kappa shape index (κ2) is 5.34. The average molecular weight is 235 g/mol. The summed E-state index contributed by atoms with van der Waals surface area (Å²) in [5, 5.41) is 0. The zero-order chi connectivity index (χ0) is 11.3. The molecule has 0 aromatic carbocycles. The van der Waals surface area contributed by atoms with Crippen molar-refractivity contribution >= 4 is 15.9 Å². The molecule has 0 aromatic rings. The van der Waals surface area contributed by atoms with Gasteiger partial charge >= 0.3 is 6.09 Å². The van der Waals surface area contributed by atoms with E-state index >= 15 is 0 Å². The van der Waals surface area contributed by atoms with Gasteiger partial charge in [-0.05, 0) is 19.3 Å². The number of amides is 1. The number of likely N-dealkylation sites (tertiary alicyclic amines) is 1. The molecule has 6 heteroatoms. The van der Waals surface area contributed by atoms with Crippen molar-refractivity contribution in [3.63, 3.8) is 0 Å². The van der Waals surface area contributed by atoms with Gasteiger partial charge in [0.25, 0.3) is 0 Å². The van der Waals surface area contributed by atoms with Crippen molar-refractivity contribution < 1.29 is 17.9 Å². The molecule has 1 saturated heterocycles. The number of carbonyl (C=O) groups excluding carboxylic acids is 1. The minimum absolute atomic E-state index is 0.0475. The molecule has 0 aliphatic carbocycles. The molecule has 0 saturated carbocycles. The van der Waals surface area contributed by atoms with Gasteiger partial charge in [0.2, 0.25) is 0 Å². The molecule has 1 rings (SSSR count). The van der Waals surface area contributed by atoms with Crippen molar-refractivity contribution in [1.82, 2.24) is 4.90 Å². The van der Waals surface area contributed by atoms with E-state index in [9.17, 15) is 13.2 Å². The second-order valence-electron chi connectivity index (χ2n) is 3.79. The van der Waals surface area contributed by atoms with E-state index in [4.69, 9.17) is 4.74 Å². The van der Waals surface area contributed by atoms with Crippen molar-refractivity contribution in [2.24, 2.45) is 0 Å². The number of hydrogen-bond acceptors (Lipinski definition) is 4. The Balaban J connectivity index is 2.23. The van der Waals surface area contributed by atoms with E-state index in [1.54, 1.807) is 4.90 Å². The number of hydrogen-bond donors (Lipinski definition) is 0. The Kier molecular flexibility index (Phi) is 4.38. The van der Waals surface area contributed by atoms with Crippen LogP contribution in [-0.2, 0) is 14.6 Å². The summed E-state index contributed by atoms with van der Waals surface area (Å²) in [6, 6.07) is 0. The van der Waals surface area contributed by atoms with Crippen LogP contribution in [0.5, 0.6) is 0 Å². The number of ether oxygens (including phenoxy) is 1. The zero-order valence-corrected chi connectivity index (χ0v) is 9.75. The van der Waals surface area contributed by atoms with E-state index in [1.807, 2.05) is 0 Å². The molecule has 0 unspecified atom stereocenters. The first-order valence-electron chi connectivity index (χ1n) is 5.08. The Hall–Kier alpha value is -0.780. The predicted molar refractivity (Wildman–Crippen MR) is 56.5 cm³/mol. The van der Waals surface area contributed by atoms with Gasteiger partial charge in [0.15, 0.2) is 9.84 Å². The monoisotopic (exact) mass is 235 g/mol. The third-order valence-electron chi connectivity index (χ3n) is 2.29. The highest BCUT2D eigenvalue weighted by atomic mass is 32.2. The van der Waals surface area contributed by atoms with Crippen LogP contribution in [0.25, 0.3) is 0 Å². The predicted octanol–water partition coefficient (Wildman–Crippen LogP) is 0.653. The van der Waals surface area contributed by atoms with Gasteiger partial charge < -0.3 is 9.64 Å². The molecule has 1 aliphatic heterocycles. The number of rotatable bonds is 3. The van der Waals surface area contributed by atoms with Crippen LogP contribution in [0.1, 0.15) is 19.3 Å². The Morgan fingerprint density at radius 2 is 1.87 bits per heavy atom. The van der Waals surface area contributed by atoms with Gasteiger partial charge in [-0.1, -0.05) is 0 Å². The van der Waals surface area contributed by atoms with Crippen LogP contribution in [0.2, 0.25) is 0 Å². The van der Waals surface area contributed by atoms with Gasteiger partial charge in [-0.15, -0.1) is 0 Å². The molecule has 0 aromatic heterocycles. The van der Waals surface area contributed by atoms with Crippen LogP contribution in [-0.4, -0.2) is 51.1 Å². The number of piperidine rings is 1. The molecule has 0 radical (unpaired) electrons. The molecule has 0 spiro atoms. The molecule has 5 nitrogen and oxygen atoms in total. The Morgan fingerprint density at radius 1 is 1.27 bits per heavy atom. The lowest BCUT2D eigenvalue weighted by atomic mass is 10.1. The summed E-state index contributed by atoms with van der Waals surface area (Å²) in [7, 11) is -3.05. The standard InChI is InChI=1S/C9H17NO4S/c1-15(12,13)8-7-14-9(11)10-5-3-2-4-6-10/h2-8H2,1H3. The SMILES string of the molecule is CS(=O)(=O)CCOC(=O)N1CCCCC1. The van der Waals surface area contributed by atoms with Gasteiger partial charge in [0.05, 0.1) is 5.75 Å². The van der Waals surface area contributed by atoms with Crippen molar-refractivity contribution in [2.45, 2.75) is 19.3 Å². The molecule has 1 heterocycles. The highest BCUT2D eigenvalue weighted by molar-refractivity contribution is 7.90. The fraction of sp³-hybridized carbons (Fsp3) is 0.889. The normalized spacial score (nSPS) is 17.5. The Labute approximate surface area is 90.3 Å². The van der Waals surface area contributed by atoms with Gasteiger partial charge in [0.1, 0.15) is 6.61 Å². The minimum atomic E-state index is -3.05. The summed E-state index contributed by atoms with van der Waals surface area (Å²) >= 11 is 0. The summed E-state index contributed by atoms with van der Waals surface area (Å²) in [5.41, 5.74) is 0. The lowest BCUT2D eigenvalue weighted by Crippen LogP contribution is -2.36. The smallest absolute Gasteiger partial charge is 0.409 e. The summed E-state index contributed by atoms with van der Waals surface area (Å²) in [5.74, 6) is -0.105. The highest BCUT2D eigenvalue weighted by Gasteiger charge is 2.17. The lowest BCUT2D eigenvalue weighted by Gasteiger charge is -2.25. The van der Waals surface area contributed by atoms with E-state index in [1.165, 1.54) is 0 Å². The maximum atomic E-state index is 11.4. The van der Waals surface area contributed by atoms with E-state index in [2.05, 4.69) is 0 Å². The largest absolute Gasteiger partial charge is 0.448 e. The molecule has 1 aliphatic rings. The summed E-state index contributed by atoms with van der Waals surface area (Å²) in [4.78, 5) is 13.0. The van der Waals surface area contributed by atoms with Gasteiger partial charge in [-0.2, -0.15) is 0 Å². The fourth-order valence-electron chi connectivity index (χ4n) is 1.45. The van der Waals surface area contributed by atoms with Crippen LogP contribution in [0.15, 0.2) is 0 Å². The van der Waals surface area contributed by atoms with Crippen molar-refractivity contribution in [3.05, 3.63) is 0 Å². The average Bonchev–Trinajstić information content (AvgIpc) is 2.17. The van der Waals surface area contributed by atoms with Crippen LogP contribution in [0.4, 0.5) is 4.79 Å². The minimum Gasteiger partial charge on any atom is -0.448 e. The Bertz CT molecular complexity index is 306. The van der Waals surface area contributed by atoms with Crippen molar-refractivity contribution in [1.29, 1.82) is 0 Å². The van der Waals surface area contributed by atoms with Crippen LogP contribution in [0.3, 0.4) is 0 Å². The number of nitrogens with zero attached hydrogens (tertiary/aromatic N) is 1. The number of sulfone groups is 1. The van der Waals surface area contributed by atoms with Crippen LogP contribution < -0.4 is 0 Å². The fourth-order valence-corrected chi connectivity index (χ4v) is 1.83. The third-order valence-corrected chi connectivity index (χ3v) is 3.20. The molecule has 1 fully saturated rings. The quantitative estimate of drug-likeness (QED) is 0.720. The van der Waals surface area contributed by atoms with E-state index in [0.29, 0.717) is 0 Å². The summed E-state index contributed by atoms with van der Waals surface area (Å²) in [6.07, 6.45) is 3.88. The first-order valence-corrected chi connectivity index (χ1v) is 7.14. The molecular formula is C9H17NO4S. The number of carbonyl (C=O) groups is 1.